The van der Waals surface area contributed by atoms with Crippen molar-refractivity contribution < 1.29 is 18.0 Å². The van der Waals surface area contributed by atoms with Crippen molar-refractivity contribution in [2.24, 2.45) is 5.16 Å². The van der Waals surface area contributed by atoms with Gasteiger partial charge in [-0.2, -0.15) is 12.7 Å². The molecule has 3 heterocycles. The van der Waals surface area contributed by atoms with Gasteiger partial charge in [0.05, 0.1) is 30.4 Å². The molecule has 1 saturated heterocycles. The average molecular weight is 468 g/mol. The fraction of sp³-hybridized carbons (Fsp3) is 0.450. The van der Waals surface area contributed by atoms with Crippen molar-refractivity contribution >= 4 is 33.7 Å². The third-order valence-corrected chi connectivity index (χ3v) is 6.80. The van der Waals surface area contributed by atoms with E-state index in [0.29, 0.717) is 50.0 Å². The third-order valence-electron chi connectivity index (χ3n) is 4.62. The van der Waals surface area contributed by atoms with Gasteiger partial charge in [-0.15, -0.1) is 0 Å². The Morgan fingerprint density at radius 1 is 1.19 bits per heavy atom. The first kappa shape index (κ1) is 23.2. The zero-order valence-corrected chi connectivity index (χ0v) is 18.9. The number of unbranched alkanes of at least 4 members (excludes halogenated alkanes) is 2. The van der Waals surface area contributed by atoms with Gasteiger partial charge in [0.15, 0.2) is 0 Å². The van der Waals surface area contributed by atoms with E-state index in [0.717, 1.165) is 19.3 Å². The summed E-state index contributed by atoms with van der Waals surface area (Å²) in [6.45, 7) is 4.27. The second-order valence-corrected chi connectivity index (χ2v) is 9.04. The van der Waals surface area contributed by atoms with Crippen LogP contribution in [0.15, 0.2) is 41.8 Å². The summed E-state index contributed by atoms with van der Waals surface area (Å²) in [5, 5.41) is 4.04. The van der Waals surface area contributed by atoms with Crippen molar-refractivity contribution in [3.05, 3.63) is 47.5 Å². The topological polar surface area (TPSA) is 97.2 Å². The van der Waals surface area contributed by atoms with Crippen LogP contribution in [0, 0.1) is 0 Å². The molecule has 2 aromatic rings. The normalized spacial score (nSPS) is 16.1. The standard InChI is InChI=1S/C20H26ClN5O4S/c1-2-30-24-15-17-6-7-19(16-23-17)29-13-5-3-4-10-25-11-12-26(31(25,27)28)18-8-9-22-20(21)14-18/h6-9,14-16H,2-5,10-13H2,1H3/b24-15+. The van der Waals surface area contributed by atoms with E-state index in [4.69, 9.17) is 21.2 Å². The van der Waals surface area contributed by atoms with Gasteiger partial charge in [-0.25, -0.2) is 4.98 Å². The summed E-state index contributed by atoms with van der Waals surface area (Å²) in [4.78, 5) is 13.0. The second kappa shape index (κ2) is 11.3. The molecule has 0 aromatic carbocycles. The van der Waals surface area contributed by atoms with E-state index in [9.17, 15) is 8.42 Å². The highest BCUT2D eigenvalue weighted by atomic mass is 35.5. The van der Waals surface area contributed by atoms with Gasteiger partial charge in [-0.1, -0.05) is 16.8 Å². The van der Waals surface area contributed by atoms with E-state index < -0.39 is 10.2 Å². The summed E-state index contributed by atoms with van der Waals surface area (Å²) in [6.07, 6.45) is 7.14. The van der Waals surface area contributed by atoms with Crippen LogP contribution >= 0.6 is 11.6 Å². The lowest BCUT2D eigenvalue weighted by Crippen LogP contribution is -2.33. The first-order chi connectivity index (χ1) is 15.0. The number of ether oxygens (including phenoxy) is 1. The molecule has 1 fully saturated rings. The molecule has 3 rings (SSSR count). The van der Waals surface area contributed by atoms with Gasteiger partial charge in [-0.05, 0) is 50.5 Å². The number of nitrogens with zero attached hydrogens (tertiary/aromatic N) is 5. The molecule has 0 amide bonds. The van der Waals surface area contributed by atoms with Crippen molar-refractivity contribution in [3.8, 4) is 5.75 Å². The molecule has 168 valence electrons. The van der Waals surface area contributed by atoms with Crippen LogP contribution in [0.2, 0.25) is 5.15 Å². The molecule has 0 aliphatic carbocycles. The van der Waals surface area contributed by atoms with Crippen molar-refractivity contribution in [2.45, 2.75) is 26.2 Å². The molecule has 0 bridgehead atoms. The number of halogens is 1. The van der Waals surface area contributed by atoms with Crippen LogP contribution < -0.4 is 9.04 Å². The van der Waals surface area contributed by atoms with Gasteiger partial charge < -0.3 is 9.57 Å². The first-order valence-electron chi connectivity index (χ1n) is 10.1. The fourth-order valence-corrected chi connectivity index (χ4v) is 4.90. The van der Waals surface area contributed by atoms with E-state index in [1.807, 2.05) is 13.0 Å². The molecule has 0 N–H and O–H groups in total. The lowest BCUT2D eigenvalue weighted by atomic mass is 10.2. The van der Waals surface area contributed by atoms with Crippen LogP contribution in [0.25, 0.3) is 0 Å². The Bertz CT molecular complexity index is 972. The number of rotatable bonds is 11. The van der Waals surface area contributed by atoms with E-state index in [2.05, 4.69) is 15.1 Å². The molecule has 11 heteroatoms. The largest absolute Gasteiger partial charge is 0.492 e. The maximum atomic E-state index is 12.8. The van der Waals surface area contributed by atoms with Crippen LogP contribution in [0.5, 0.6) is 5.75 Å². The third kappa shape index (κ3) is 6.52. The highest BCUT2D eigenvalue weighted by Crippen LogP contribution is 2.26. The maximum absolute atomic E-state index is 12.8. The molecule has 0 radical (unpaired) electrons. The number of hydrogen-bond donors (Lipinski definition) is 0. The smallest absolute Gasteiger partial charge is 0.304 e. The Morgan fingerprint density at radius 2 is 2.06 bits per heavy atom. The Balaban J connectivity index is 1.36. The van der Waals surface area contributed by atoms with Crippen molar-refractivity contribution in [3.63, 3.8) is 0 Å². The summed E-state index contributed by atoms with van der Waals surface area (Å²) in [5.41, 5.74) is 1.23. The molecule has 2 aromatic heterocycles. The van der Waals surface area contributed by atoms with E-state index in [-0.39, 0.29) is 5.15 Å². The summed E-state index contributed by atoms with van der Waals surface area (Å²) in [7, 11) is -3.52. The average Bonchev–Trinajstić information content (AvgIpc) is 3.05. The number of aromatic nitrogens is 2. The zero-order chi connectivity index (χ0) is 22.1. The van der Waals surface area contributed by atoms with Crippen molar-refractivity contribution in [1.82, 2.24) is 14.3 Å². The number of pyridine rings is 2. The minimum absolute atomic E-state index is 0.273. The molecule has 0 unspecified atom stereocenters. The second-order valence-electron chi connectivity index (χ2n) is 6.80. The highest BCUT2D eigenvalue weighted by Gasteiger charge is 2.36. The van der Waals surface area contributed by atoms with Crippen LogP contribution in [-0.4, -0.2) is 61.8 Å². The molecule has 1 aliphatic rings. The highest BCUT2D eigenvalue weighted by molar-refractivity contribution is 7.90. The number of oxime groups is 1. The summed E-state index contributed by atoms with van der Waals surface area (Å²) < 4.78 is 34.1. The van der Waals surface area contributed by atoms with Crippen molar-refractivity contribution in [1.29, 1.82) is 0 Å². The van der Waals surface area contributed by atoms with Gasteiger partial charge in [0, 0.05) is 25.8 Å². The number of hydrogen-bond acceptors (Lipinski definition) is 7. The SMILES string of the molecule is CCO/N=C/c1ccc(OCCCCCN2CCN(c3ccnc(Cl)c3)S2(=O)=O)cn1. The van der Waals surface area contributed by atoms with Gasteiger partial charge in [0.1, 0.15) is 17.5 Å². The van der Waals surface area contributed by atoms with Crippen LogP contribution in [0.4, 0.5) is 5.69 Å². The van der Waals surface area contributed by atoms with Gasteiger partial charge in [0.25, 0.3) is 0 Å². The molecule has 0 spiro atoms. The monoisotopic (exact) mass is 467 g/mol. The lowest BCUT2D eigenvalue weighted by molar-refractivity contribution is 0.160. The van der Waals surface area contributed by atoms with Crippen LogP contribution in [0.3, 0.4) is 0 Å². The Hall–Kier alpha value is -2.43. The van der Waals surface area contributed by atoms with Crippen LogP contribution in [0.1, 0.15) is 31.9 Å². The summed E-state index contributed by atoms with van der Waals surface area (Å²) >= 11 is 5.89. The van der Waals surface area contributed by atoms with E-state index in [1.165, 1.54) is 14.8 Å². The Labute approximate surface area is 187 Å². The molecule has 1 aliphatic heterocycles. The minimum atomic E-state index is -3.52. The molecule has 9 nitrogen and oxygen atoms in total. The minimum Gasteiger partial charge on any atom is -0.492 e. The predicted molar refractivity (Wildman–Crippen MR) is 120 cm³/mol. The van der Waals surface area contributed by atoms with Gasteiger partial charge in [0.2, 0.25) is 0 Å². The van der Waals surface area contributed by atoms with Gasteiger partial charge >= 0.3 is 10.2 Å². The summed E-state index contributed by atoms with van der Waals surface area (Å²) in [5.74, 6) is 0.683. The Kier molecular flexibility index (Phi) is 8.44. The fourth-order valence-electron chi connectivity index (χ4n) is 3.09. The Morgan fingerprint density at radius 3 is 2.81 bits per heavy atom. The molecular formula is C20H26ClN5O4S. The predicted octanol–water partition coefficient (Wildman–Crippen LogP) is 3.12. The van der Waals surface area contributed by atoms with Gasteiger partial charge in [-0.3, -0.25) is 9.29 Å². The quantitative estimate of drug-likeness (QED) is 0.218. The first-order valence-corrected chi connectivity index (χ1v) is 11.9. The van der Waals surface area contributed by atoms with Crippen LogP contribution in [-0.2, 0) is 15.0 Å². The molecule has 31 heavy (non-hydrogen) atoms. The summed E-state index contributed by atoms with van der Waals surface area (Å²) in [6, 6.07) is 6.85. The van der Waals surface area contributed by atoms with E-state index in [1.54, 1.807) is 30.6 Å². The molecule has 0 saturated carbocycles. The zero-order valence-electron chi connectivity index (χ0n) is 17.4. The molecular weight excluding hydrogens is 442 g/mol. The maximum Gasteiger partial charge on any atom is 0.304 e. The van der Waals surface area contributed by atoms with Crippen molar-refractivity contribution in [2.75, 3.05) is 37.2 Å². The van der Waals surface area contributed by atoms with E-state index >= 15 is 0 Å². The molecule has 0 atom stereocenters. The lowest BCUT2D eigenvalue weighted by Gasteiger charge is -2.20. The number of anilines is 1.